The Labute approximate surface area is 301 Å². The van der Waals surface area contributed by atoms with E-state index < -0.39 is 0 Å². The van der Waals surface area contributed by atoms with E-state index in [-0.39, 0.29) is 0 Å². The van der Waals surface area contributed by atoms with Crippen molar-refractivity contribution < 1.29 is 0 Å². The van der Waals surface area contributed by atoms with E-state index in [2.05, 4.69) is 175 Å². The Hall–Kier alpha value is -6.78. The van der Waals surface area contributed by atoms with Gasteiger partial charge in [-0.25, -0.2) is 0 Å². The molecule has 0 aliphatic carbocycles. The van der Waals surface area contributed by atoms with Gasteiger partial charge in [0.05, 0.1) is 27.8 Å². The number of aromatic nitrogens is 4. The maximum absolute atomic E-state index is 4.81. The first-order valence-electron chi connectivity index (χ1n) is 17.7. The molecule has 0 radical (unpaired) electrons. The molecule has 4 aromatic heterocycles. The summed E-state index contributed by atoms with van der Waals surface area (Å²) in [5.74, 6) is 0. The van der Waals surface area contributed by atoms with E-state index in [0.29, 0.717) is 0 Å². The van der Waals surface area contributed by atoms with E-state index >= 15 is 0 Å². The lowest BCUT2D eigenvalue weighted by atomic mass is 9.97. The van der Waals surface area contributed by atoms with Gasteiger partial charge < -0.3 is 9.13 Å². The van der Waals surface area contributed by atoms with Crippen molar-refractivity contribution in [3.05, 3.63) is 181 Å². The minimum absolute atomic E-state index is 0.900. The van der Waals surface area contributed by atoms with Gasteiger partial charge in [-0.1, -0.05) is 84.9 Å². The first-order chi connectivity index (χ1) is 25.6. The van der Waals surface area contributed by atoms with E-state index in [1.165, 1.54) is 60.3 Å². The molecular formula is C48H34N4. The predicted octanol–water partition coefficient (Wildman–Crippen LogP) is 12.3. The number of pyridine rings is 2. The summed E-state index contributed by atoms with van der Waals surface area (Å²) in [6.07, 6.45) is 5.77. The largest absolute Gasteiger partial charge is 0.309 e. The molecule has 4 heterocycles. The highest BCUT2D eigenvalue weighted by molar-refractivity contribution is 6.10. The van der Waals surface area contributed by atoms with E-state index in [4.69, 9.17) is 9.97 Å². The van der Waals surface area contributed by atoms with Crippen molar-refractivity contribution in [1.29, 1.82) is 0 Å². The highest BCUT2D eigenvalue weighted by Crippen LogP contribution is 2.36. The Morgan fingerprint density at radius 3 is 1.33 bits per heavy atom. The normalized spacial score (nSPS) is 11.7. The third-order valence-corrected chi connectivity index (χ3v) is 10.5. The molecule has 0 aliphatic rings. The SMILES string of the molecule is Cc1cc(-n2c3ccccc3c3ccccc32)ccc1-c1cncc(-c2cc(-c3ccc(-n4c5ccccc5c5ccccc54)cc3C)ccn2)c1. The second kappa shape index (κ2) is 11.9. The van der Waals surface area contributed by atoms with Gasteiger partial charge in [0.25, 0.3) is 0 Å². The van der Waals surface area contributed by atoms with Crippen LogP contribution in [0.4, 0.5) is 0 Å². The maximum atomic E-state index is 4.81. The van der Waals surface area contributed by atoms with Crippen molar-refractivity contribution in [3.8, 4) is 44.9 Å². The van der Waals surface area contributed by atoms with Gasteiger partial charge in [-0.2, -0.15) is 0 Å². The maximum Gasteiger partial charge on any atom is 0.0723 e. The van der Waals surface area contributed by atoms with Gasteiger partial charge in [0.2, 0.25) is 0 Å². The van der Waals surface area contributed by atoms with Gasteiger partial charge in [0, 0.05) is 62.6 Å². The summed E-state index contributed by atoms with van der Waals surface area (Å²) >= 11 is 0. The fourth-order valence-electron chi connectivity index (χ4n) is 8.11. The average Bonchev–Trinajstić information content (AvgIpc) is 3.71. The average molecular weight is 667 g/mol. The van der Waals surface area contributed by atoms with Crippen LogP contribution in [0, 0.1) is 13.8 Å². The molecule has 52 heavy (non-hydrogen) atoms. The van der Waals surface area contributed by atoms with Gasteiger partial charge in [-0.3, -0.25) is 9.97 Å². The standard InChI is InChI=1S/C48H34N4/c1-31-25-36(51-45-15-7-3-11-40(45)41-12-4-8-16-46(41)51)19-21-38(31)33-23-24-50-44(28-33)35-27-34(29-49-30-35)39-22-20-37(26-32(39)2)52-47-17-9-5-13-42(47)43-14-6-10-18-48(43)52/h3-30H,1-2H3. The Morgan fingerprint density at radius 2 is 0.846 bits per heavy atom. The molecule has 0 bridgehead atoms. The van der Waals surface area contributed by atoms with Crippen LogP contribution in [-0.2, 0) is 0 Å². The zero-order chi connectivity index (χ0) is 34.8. The minimum atomic E-state index is 0.900. The first-order valence-corrected chi connectivity index (χ1v) is 17.7. The molecule has 10 aromatic rings. The minimum Gasteiger partial charge on any atom is -0.309 e. The second-order valence-corrected chi connectivity index (χ2v) is 13.6. The summed E-state index contributed by atoms with van der Waals surface area (Å²) in [4.78, 5) is 9.50. The van der Waals surface area contributed by atoms with E-state index in [9.17, 15) is 0 Å². The molecule has 6 aromatic carbocycles. The summed E-state index contributed by atoms with van der Waals surface area (Å²) in [6.45, 7) is 4.38. The molecule has 0 unspecified atom stereocenters. The summed E-state index contributed by atoms with van der Waals surface area (Å²) in [7, 11) is 0. The number of benzene rings is 6. The van der Waals surface area contributed by atoms with E-state index in [1.807, 2.05) is 18.6 Å². The molecule has 246 valence electrons. The number of hydrogen-bond donors (Lipinski definition) is 0. The molecule has 0 spiro atoms. The monoisotopic (exact) mass is 666 g/mol. The van der Waals surface area contributed by atoms with Crippen molar-refractivity contribution in [2.24, 2.45) is 0 Å². The number of rotatable bonds is 5. The van der Waals surface area contributed by atoms with Crippen LogP contribution in [-0.4, -0.2) is 19.1 Å². The van der Waals surface area contributed by atoms with Crippen molar-refractivity contribution in [2.75, 3.05) is 0 Å². The molecule has 4 nitrogen and oxygen atoms in total. The van der Waals surface area contributed by atoms with Crippen molar-refractivity contribution in [2.45, 2.75) is 13.8 Å². The molecule has 0 saturated carbocycles. The van der Waals surface area contributed by atoms with E-state index in [0.717, 1.165) is 39.3 Å². The van der Waals surface area contributed by atoms with Gasteiger partial charge in [-0.05, 0) is 108 Å². The first kappa shape index (κ1) is 30.1. The number of hydrogen-bond acceptors (Lipinski definition) is 2. The molecule has 0 fully saturated rings. The highest BCUT2D eigenvalue weighted by Gasteiger charge is 2.15. The quantitative estimate of drug-likeness (QED) is 0.183. The molecule has 0 N–H and O–H groups in total. The lowest BCUT2D eigenvalue weighted by molar-refractivity contribution is 1.17. The molecular weight excluding hydrogens is 633 g/mol. The second-order valence-electron chi connectivity index (χ2n) is 13.6. The van der Waals surface area contributed by atoms with Gasteiger partial charge in [0.15, 0.2) is 0 Å². The van der Waals surface area contributed by atoms with Gasteiger partial charge in [0.1, 0.15) is 0 Å². The Balaban J connectivity index is 0.992. The topological polar surface area (TPSA) is 35.6 Å². The Bertz CT molecular complexity index is 2690. The third kappa shape index (κ3) is 4.76. The fourth-order valence-corrected chi connectivity index (χ4v) is 8.11. The van der Waals surface area contributed by atoms with Crippen LogP contribution in [0.2, 0.25) is 0 Å². The zero-order valence-corrected chi connectivity index (χ0v) is 29.0. The van der Waals surface area contributed by atoms with Crippen LogP contribution in [0.15, 0.2) is 170 Å². The van der Waals surface area contributed by atoms with Crippen LogP contribution in [0.25, 0.3) is 88.5 Å². The zero-order valence-electron chi connectivity index (χ0n) is 29.0. The van der Waals surface area contributed by atoms with Crippen molar-refractivity contribution in [1.82, 2.24) is 19.1 Å². The smallest absolute Gasteiger partial charge is 0.0723 e. The Morgan fingerprint density at radius 1 is 0.404 bits per heavy atom. The predicted molar refractivity (Wildman–Crippen MR) is 216 cm³/mol. The molecule has 4 heteroatoms. The fraction of sp³-hybridized carbons (Fsp3) is 0.0417. The van der Waals surface area contributed by atoms with Gasteiger partial charge >= 0.3 is 0 Å². The van der Waals surface area contributed by atoms with Crippen molar-refractivity contribution in [3.63, 3.8) is 0 Å². The lowest BCUT2D eigenvalue weighted by Gasteiger charge is -2.14. The van der Waals surface area contributed by atoms with Gasteiger partial charge in [-0.15, -0.1) is 0 Å². The Kier molecular flexibility index (Phi) is 6.90. The summed E-state index contributed by atoms with van der Waals surface area (Å²) in [6, 6.07) is 54.5. The number of para-hydroxylation sites is 4. The lowest BCUT2D eigenvalue weighted by Crippen LogP contribution is -1.96. The summed E-state index contributed by atoms with van der Waals surface area (Å²) in [5.41, 5.74) is 16.0. The van der Waals surface area contributed by atoms with Crippen LogP contribution in [0.3, 0.4) is 0 Å². The van der Waals surface area contributed by atoms with Crippen molar-refractivity contribution >= 4 is 43.6 Å². The molecule has 10 rings (SSSR count). The molecule has 0 atom stereocenters. The van der Waals surface area contributed by atoms with Crippen LogP contribution in [0.5, 0.6) is 0 Å². The molecule has 0 saturated heterocycles. The summed E-state index contributed by atoms with van der Waals surface area (Å²) in [5, 5.41) is 5.06. The number of fused-ring (bicyclic) bond motifs is 6. The third-order valence-electron chi connectivity index (χ3n) is 10.5. The molecule has 0 aliphatic heterocycles. The molecule has 0 amide bonds. The highest BCUT2D eigenvalue weighted by atomic mass is 15.0. The number of aryl methyl sites for hydroxylation is 2. The van der Waals surface area contributed by atoms with E-state index in [1.54, 1.807) is 0 Å². The van der Waals surface area contributed by atoms with Crippen LogP contribution >= 0.6 is 0 Å². The number of nitrogens with zero attached hydrogens (tertiary/aromatic N) is 4. The van der Waals surface area contributed by atoms with Crippen LogP contribution < -0.4 is 0 Å². The summed E-state index contributed by atoms with van der Waals surface area (Å²) < 4.78 is 4.73. The van der Waals surface area contributed by atoms with Crippen LogP contribution in [0.1, 0.15) is 11.1 Å².